The first-order valence-corrected chi connectivity index (χ1v) is 4.28. The molecule has 0 spiro atoms. The predicted octanol–water partition coefficient (Wildman–Crippen LogP) is 2.82. The Kier molecular flexibility index (Phi) is 3.56. The van der Waals surface area contributed by atoms with Gasteiger partial charge in [-0.25, -0.2) is 13.2 Å². The summed E-state index contributed by atoms with van der Waals surface area (Å²) in [5, 5.41) is 9.07. The number of aromatic hydroxyl groups is 1. The van der Waals surface area contributed by atoms with Gasteiger partial charge in [-0.3, -0.25) is 0 Å². The van der Waals surface area contributed by atoms with Crippen LogP contribution in [0.3, 0.4) is 0 Å². The number of nitrogens with two attached hydrogens (primary N) is 1. The molecule has 3 N–H and O–H groups in total. The van der Waals surface area contributed by atoms with Gasteiger partial charge < -0.3 is 10.8 Å². The van der Waals surface area contributed by atoms with Crippen molar-refractivity contribution < 1.29 is 31.4 Å². The van der Waals surface area contributed by atoms with Gasteiger partial charge in [-0.15, -0.1) is 0 Å². The normalized spacial score (nSPS) is 14.1. The molecule has 1 aromatic rings. The first kappa shape index (κ1) is 13.6. The van der Waals surface area contributed by atoms with Crippen molar-refractivity contribution in [2.24, 2.45) is 5.73 Å². The molecule has 17 heavy (non-hydrogen) atoms. The highest BCUT2D eigenvalue weighted by Gasteiger charge is 2.38. The Labute approximate surface area is 91.7 Å². The molecule has 8 heteroatoms. The predicted molar refractivity (Wildman–Crippen MR) is 46.0 cm³/mol. The van der Waals surface area contributed by atoms with Gasteiger partial charge in [0.1, 0.15) is 0 Å². The van der Waals surface area contributed by atoms with Crippen LogP contribution in [0.1, 0.15) is 17.2 Å². The standard InChI is InChI=1S/C9H7F6NO/c10-4-2-1-3(9(13,14)15)5(7(4)17)6(16)8(11)12/h1-2,6,8,17H,16H2/t6-/m1/s1. The topological polar surface area (TPSA) is 46.2 Å². The van der Waals surface area contributed by atoms with E-state index in [2.05, 4.69) is 0 Å². The summed E-state index contributed by atoms with van der Waals surface area (Å²) < 4.78 is 74.7. The first-order valence-electron chi connectivity index (χ1n) is 4.28. The molecule has 1 rings (SSSR count). The van der Waals surface area contributed by atoms with E-state index in [1.807, 2.05) is 0 Å². The summed E-state index contributed by atoms with van der Waals surface area (Å²) in [7, 11) is 0. The molecule has 0 saturated heterocycles. The third-order valence-corrected chi connectivity index (χ3v) is 2.08. The molecule has 0 bridgehead atoms. The van der Waals surface area contributed by atoms with Crippen molar-refractivity contribution in [3.05, 3.63) is 29.1 Å². The second-order valence-electron chi connectivity index (χ2n) is 3.22. The van der Waals surface area contributed by atoms with Gasteiger partial charge in [0.15, 0.2) is 11.6 Å². The van der Waals surface area contributed by atoms with E-state index in [1.165, 1.54) is 0 Å². The van der Waals surface area contributed by atoms with Crippen molar-refractivity contribution in [3.8, 4) is 5.75 Å². The molecule has 1 atom stereocenters. The molecule has 0 unspecified atom stereocenters. The molecule has 0 aliphatic rings. The minimum absolute atomic E-state index is 0.257. The van der Waals surface area contributed by atoms with Crippen molar-refractivity contribution in [1.82, 2.24) is 0 Å². The minimum atomic E-state index is -5.01. The zero-order valence-corrected chi connectivity index (χ0v) is 8.10. The van der Waals surface area contributed by atoms with E-state index in [1.54, 1.807) is 0 Å². The van der Waals surface area contributed by atoms with E-state index >= 15 is 0 Å². The Bertz CT molecular complexity index is 417. The largest absolute Gasteiger partial charge is 0.505 e. The van der Waals surface area contributed by atoms with Gasteiger partial charge in [-0.1, -0.05) is 0 Å². The fourth-order valence-corrected chi connectivity index (χ4v) is 1.29. The van der Waals surface area contributed by atoms with Crippen molar-refractivity contribution in [2.45, 2.75) is 18.6 Å². The molecule has 0 radical (unpaired) electrons. The molecule has 0 fully saturated rings. The van der Waals surface area contributed by atoms with E-state index in [9.17, 15) is 26.3 Å². The van der Waals surface area contributed by atoms with Gasteiger partial charge >= 0.3 is 6.18 Å². The molecular weight excluding hydrogens is 252 g/mol. The van der Waals surface area contributed by atoms with Crippen LogP contribution in [0.4, 0.5) is 26.3 Å². The van der Waals surface area contributed by atoms with Crippen LogP contribution in [0.5, 0.6) is 5.75 Å². The summed E-state index contributed by atoms with van der Waals surface area (Å²) in [5.41, 5.74) is 1.91. The van der Waals surface area contributed by atoms with Crippen molar-refractivity contribution in [1.29, 1.82) is 0 Å². The third-order valence-electron chi connectivity index (χ3n) is 2.08. The Morgan fingerprint density at radius 2 is 1.71 bits per heavy atom. The number of alkyl halides is 5. The van der Waals surface area contributed by atoms with Crippen molar-refractivity contribution in [3.63, 3.8) is 0 Å². The van der Waals surface area contributed by atoms with E-state index in [0.29, 0.717) is 6.07 Å². The van der Waals surface area contributed by atoms with Crippen LogP contribution in [-0.4, -0.2) is 11.5 Å². The molecule has 96 valence electrons. The van der Waals surface area contributed by atoms with Gasteiger partial charge in [0, 0.05) is 5.56 Å². The highest BCUT2D eigenvalue weighted by molar-refractivity contribution is 5.44. The van der Waals surface area contributed by atoms with Crippen molar-refractivity contribution in [2.75, 3.05) is 0 Å². The lowest BCUT2D eigenvalue weighted by Crippen LogP contribution is -2.23. The number of phenols is 1. The molecule has 0 aliphatic heterocycles. The van der Waals surface area contributed by atoms with Gasteiger partial charge in [0.25, 0.3) is 6.43 Å². The lowest BCUT2D eigenvalue weighted by Gasteiger charge is -2.19. The highest BCUT2D eigenvalue weighted by atomic mass is 19.4. The maximum absolute atomic E-state index is 12.9. The Hall–Kier alpha value is -1.44. The molecular formula is C9H7F6NO. The van der Waals surface area contributed by atoms with Crippen LogP contribution in [-0.2, 0) is 6.18 Å². The second-order valence-corrected chi connectivity index (χ2v) is 3.22. The number of rotatable bonds is 2. The summed E-state index contributed by atoms with van der Waals surface area (Å²) in [6, 6.07) is -1.82. The summed E-state index contributed by atoms with van der Waals surface area (Å²) in [4.78, 5) is 0. The lowest BCUT2D eigenvalue weighted by atomic mass is 9.99. The van der Waals surface area contributed by atoms with E-state index in [4.69, 9.17) is 10.8 Å². The van der Waals surface area contributed by atoms with E-state index < -0.39 is 41.3 Å². The van der Waals surface area contributed by atoms with Crippen molar-refractivity contribution >= 4 is 0 Å². The second kappa shape index (κ2) is 4.44. The molecule has 0 saturated carbocycles. The monoisotopic (exact) mass is 259 g/mol. The van der Waals surface area contributed by atoms with Crippen LogP contribution in [0.2, 0.25) is 0 Å². The third kappa shape index (κ3) is 2.63. The zero-order chi connectivity index (χ0) is 13.4. The van der Waals surface area contributed by atoms with Crippen LogP contribution >= 0.6 is 0 Å². The van der Waals surface area contributed by atoms with Gasteiger partial charge in [0.05, 0.1) is 11.6 Å². The summed E-state index contributed by atoms with van der Waals surface area (Å²) >= 11 is 0. The molecule has 0 aromatic heterocycles. The SMILES string of the molecule is N[C@H](c1c(C(F)(F)F)ccc(F)c1O)C(F)F. The van der Waals surface area contributed by atoms with Gasteiger partial charge in [-0.2, -0.15) is 13.2 Å². The van der Waals surface area contributed by atoms with Crippen LogP contribution < -0.4 is 5.73 Å². The average Bonchev–Trinajstić information content (AvgIpc) is 2.19. The molecule has 2 nitrogen and oxygen atoms in total. The lowest BCUT2D eigenvalue weighted by molar-refractivity contribution is -0.138. The molecule has 0 aliphatic carbocycles. The fraction of sp³-hybridized carbons (Fsp3) is 0.333. The Morgan fingerprint density at radius 3 is 2.12 bits per heavy atom. The van der Waals surface area contributed by atoms with Crippen LogP contribution in [0, 0.1) is 5.82 Å². The quantitative estimate of drug-likeness (QED) is 0.802. The molecule has 0 heterocycles. The maximum Gasteiger partial charge on any atom is 0.416 e. The smallest absolute Gasteiger partial charge is 0.416 e. The molecule has 1 aromatic carbocycles. The first-order chi connectivity index (χ1) is 7.66. The fourth-order valence-electron chi connectivity index (χ4n) is 1.29. The zero-order valence-electron chi connectivity index (χ0n) is 8.10. The van der Waals surface area contributed by atoms with Crippen LogP contribution in [0.15, 0.2) is 12.1 Å². The number of phenolic OH excluding ortho intramolecular Hbond substituents is 1. The average molecular weight is 259 g/mol. The summed E-state index contributed by atoms with van der Waals surface area (Å²) in [6.07, 6.45) is -8.36. The number of hydrogen-bond donors (Lipinski definition) is 2. The van der Waals surface area contributed by atoms with E-state index in [0.717, 1.165) is 0 Å². The Balaban J connectivity index is 3.47. The Morgan fingerprint density at radius 1 is 1.18 bits per heavy atom. The van der Waals surface area contributed by atoms with E-state index in [-0.39, 0.29) is 6.07 Å². The maximum atomic E-state index is 12.9. The number of halogens is 6. The number of benzene rings is 1. The van der Waals surface area contributed by atoms with Gasteiger partial charge in [-0.05, 0) is 12.1 Å². The minimum Gasteiger partial charge on any atom is -0.505 e. The number of hydrogen-bond acceptors (Lipinski definition) is 2. The highest BCUT2D eigenvalue weighted by Crippen LogP contribution is 2.40. The van der Waals surface area contributed by atoms with Crippen LogP contribution in [0.25, 0.3) is 0 Å². The summed E-state index contributed by atoms with van der Waals surface area (Å²) in [5.74, 6) is -2.95. The summed E-state index contributed by atoms with van der Waals surface area (Å²) in [6.45, 7) is 0. The van der Waals surface area contributed by atoms with Gasteiger partial charge in [0.2, 0.25) is 0 Å². The molecule has 0 amide bonds.